The van der Waals surface area contributed by atoms with Gasteiger partial charge in [0.05, 0.1) is 0 Å². The van der Waals surface area contributed by atoms with Gasteiger partial charge in [-0.25, -0.2) is 0 Å². The van der Waals surface area contributed by atoms with Crippen LogP contribution in [0.15, 0.2) is 12.2 Å². The Morgan fingerprint density at radius 2 is 1.19 bits per heavy atom. The van der Waals surface area contributed by atoms with Crippen molar-refractivity contribution in [3.8, 4) is 0 Å². The Morgan fingerprint density at radius 1 is 0.619 bits per heavy atom. The first-order valence-electron chi connectivity index (χ1n) is 10.00. The van der Waals surface area contributed by atoms with Gasteiger partial charge in [0.2, 0.25) is 0 Å². The van der Waals surface area contributed by atoms with Crippen LogP contribution in [0.1, 0.15) is 117 Å². The molecule has 0 aromatic rings. The van der Waals surface area contributed by atoms with Gasteiger partial charge in [-0.3, -0.25) is 0 Å². The molecule has 1 atom stereocenters. The second-order valence-electron chi connectivity index (χ2n) is 6.70. The molecule has 21 heavy (non-hydrogen) atoms. The average Bonchev–Trinajstić information content (AvgIpc) is 2.51. The normalized spacial score (nSPS) is 13.1. The van der Waals surface area contributed by atoms with Gasteiger partial charge in [0, 0.05) is 0 Å². The zero-order chi connectivity index (χ0) is 15.6. The summed E-state index contributed by atoms with van der Waals surface area (Å²) in [5.41, 5.74) is 0. The smallest absolute Gasteiger partial charge is 0.0351 e. The van der Waals surface area contributed by atoms with Gasteiger partial charge >= 0.3 is 0 Å². The van der Waals surface area contributed by atoms with Crippen molar-refractivity contribution in [2.75, 3.05) is 0 Å². The molecule has 0 saturated carbocycles. The molecule has 0 bridgehead atoms. The third-order valence-corrected chi connectivity index (χ3v) is 4.68. The van der Waals surface area contributed by atoms with Gasteiger partial charge in [-0.1, -0.05) is 110 Å². The molecule has 0 nitrogen and oxygen atoms in total. The highest BCUT2D eigenvalue weighted by Gasteiger charge is 2.05. The van der Waals surface area contributed by atoms with Crippen molar-refractivity contribution < 1.29 is 0 Å². The summed E-state index contributed by atoms with van der Waals surface area (Å²) >= 11 is 0. The van der Waals surface area contributed by atoms with Crippen molar-refractivity contribution in [3.05, 3.63) is 12.2 Å². The van der Waals surface area contributed by atoms with Gasteiger partial charge in [0.1, 0.15) is 0 Å². The predicted octanol–water partition coefficient (Wildman–Crippen LogP) is 8.07. The first-order chi connectivity index (χ1) is 10.3. The Hall–Kier alpha value is -0.260. The Labute approximate surface area is 135 Å². The molecule has 0 heterocycles. The van der Waals surface area contributed by atoms with Crippen LogP contribution in [0, 0.1) is 5.92 Å². The molecule has 0 spiro atoms. The lowest BCUT2D eigenvalue weighted by Crippen LogP contribution is -1.99. The van der Waals surface area contributed by atoms with E-state index in [1.807, 2.05) is 0 Å². The Bertz CT molecular complexity index is 204. The molecule has 0 aromatic carbocycles. The maximum absolute atomic E-state index is 2.38. The fourth-order valence-electron chi connectivity index (χ4n) is 3.10. The predicted molar refractivity (Wildman–Crippen MR) is 98.9 cm³/mol. The van der Waals surface area contributed by atoms with E-state index in [-0.39, 0.29) is 0 Å². The molecule has 126 valence electrons. The quantitative estimate of drug-likeness (QED) is 0.199. The maximum Gasteiger partial charge on any atom is -0.0351 e. The largest absolute Gasteiger partial charge is 0.0888 e. The van der Waals surface area contributed by atoms with E-state index in [1.165, 1.54) is 96.3 Å². The van der Waals surface area contributed by atoms with Gasteiger partial charge in [-0.2, -0.15) is 0 Å². The Kier molecular flexibility index (Phi) is 17.6. The van der Waals surface area contributed by atoms with E-state index in [1.54, 1.807) is 0 Å². The summed E-state index contributed by atoms with van der Waals surface area (Å²) in [5, 5.41) is 0. The van der Waals surface area contributed by atoms with Crippen molar-refractivity contribution in [2.24, 2.45) is 5.92 Å². The van der Waals surface area contributed by atoms with Gasteiger partial charge in [0.25, 0.3) is 0 Å². The number of unbranched alkanes of at least 4 members (excludes halogenated alkanes) is 9. The molecule has 0 aliphatic heterocycles. The van der Waals surface area contributed by atoms with Crippen LogP contribution in [-0.2, 0) is 0 Å². The molecule has 0 heteroatoms. The molecule has 0 amide bonds. The zero-order valence-electron chi connectivity index (χ0n) is 15.3. The van der Waals surface area contributed by atoms with Crippen LogP contribution >= 0.6 is 0 Å². The lowest BCUT2D eigenvalue weighted by atomic mass is 9.92. The summed E-state index contributed by atoms with van der Waals surface area (Å²) in [5.74, 6) is 1.01. The summed E-state index contributed by atoms with van der Waals surface area (Å²) in [4.78, 5) is 0. The molecule has 0 fully saturated rings. The standard InChI is InChI=1S/C21H42/c1-4-7-9-11-13-15-17-19-21(6-3)20-18-16-14-12-10-8-5-2/h7,9,21H,4-6,8,10-20H2,1-3H3/b9-7+. The zero-order valence-corrected chi connectivity index (χ0v) is 15.3. The molecule has 0 N–H and O–H groups in total. The fraction of sp³-hybridized carbons (Fsp3) is 0.905. The summed E-state index contributed by atoms with van der Waals surface area (Å²) in [6.45, 7) is 6.90. The molecule has 0 aliphatic rings. The number of hydrogen-bond donors (Lipinski definition) is 0. The monoisotopic (exact) mass is 294 g/mol. The van der Waals surface area contributed by atoms with Crippen LogP contribution in [0.3, 0.4) is 0 Å². The first kappa shape index (κ1) is 20.7. The molecule has 0 aliphatic carbocycles. The van der Waals surface area contributed by atoms with E-state index in [9.17, 15) is 0 Å². The minimum Gasteiger partial charge on any atom is -0.0888 e. The van der Waals surface area contributed by atoms with Crippen LogP contribution in [-0.4, -0.2) is 0 Å². The van der Waals surface area contributed by atoms with Gasteiger partial charge < -0.3 is 0 Å². The van der Waals surface area contributed by atoms with E-state index < -0.39 is 0 Å². The SMILES string of the molecule is CC/C=C/CCCCCC(CC)CCCCCCCCC. The molecule has 0 radical (unpaired) electrons. The molecule has 1 unspecified atom stereocenters. The minimum atomic E-state index is 1.01. The topological polar surface area (TPSA) is 0 Å². The van der Waals surface area contributed by atoms with Crippen LogP contribution in [0.2, 0.25) is 0 Å². The second kappa shape index (κ2) is 17.8. The molecule has 0 aromatic heterocycles. The highest BCUT2D eigenvalue weighted by molar-refractivity contribution is 4.79. The van der Waals surface area contributed by atoms with E-state index in [2.05, 4.69) is 32.9 Å². The van der Waals surface area contributed by atoms with Crippen molar-refractivity contribution >= 4 is 0 Å². The van der Waals surface area contributed by atoms with Crippen molar-refractivity contribution in [1.29, 1.82) is 0 Å². The second-order valence-corrected chi connectivity index (χ2v) is 6.70. The highest BCUT2D eigenvalue weighted by Crippen LogP contribution is 2.21. The molecular formula is C21H42. The first-order valence-corrected chi connectivity index (χ1v) is 10.00. The summed E-state index contributed by atoms with van der Waals surface area (Å²) in [7, 11) is 0. The van der Waals surface area contributed by atoms with E-state index in [0.29, 0.717) is 0 Å². The third kappa shape index (κ3) is 15.9. The number of hydrogen-bond acceptors (Lipinski definition) is 0. The molecular weight excluding hydrogens is 252 g/mol. The van der Waals surface area contributed by atoms with Gasteiger partial charge in [-0.05, 0) is 25.2 Å². The lowest BCUT2D eigenvalue weighted by molar-refractivity contribution is 0.394. The van der Waals surface area contributed by atoms with Crippen LogP contribution in [0.5, 0.6) is 0 Å². The average molecular weight is 295 g/mol. The van der Waals surface area contributed by atoms with Gasteiger partial charge in [-0.15, -0.1) is 0 Å². The molecule has 0 rings (SSSR count). The van der Waals surface area contributed by atoms with Crippen LogP contribution in [0.4, 0.5) is 0 Å². The Morgan fingerprint density at radius 3 is 1.76 bits per heavy atom. The Balaban J connectivity index is 3.35. The van der Waals surface area contributed by atoms with Gasteiger partial charge in [0.15, 0.2) is 0 Å². The maximum atomic E-state index is 2.38. The lowest BCUT2D eigenvalue weighted by Gasteiger charge is -2.14. The highest BCUT2D eigenvalue weighted by atomic mass is 14.1. The van der Waals surface area contributed by atoms with E-state index in [0.717, 1.165) is 5.92 Å². The fourth-order valence-corrected chi connectivity index (χ4v) is 3.10. The van der Waals surface area contributed by atoms with Crippen LogP contribution < -0.4 is 0 Å². The minimum absolute atomic E-state index is 1.01. The van der Waals surface area contributed by atoms with Crippen molar-refractivity contribution in [3.63, 3.8) is 0 Å². The van der Waals surface area contributed by atoms with E-state index in [4.69, 9.17) is 0 Å². The van der Waals surface area contributed by atoms with Crippen molar-refractivity contribution in [2.45, 2.75) is 117 Å². The summed E-state index contributed by atoms with van der Waals surface area (Å²) in [6.07, 6.45) is 25.9. The molecule has 0 saturated heterocycles. The van der Waals surface area contributed by atoms with Crippen LogP contribution in [0.25, 0.3) is 0 Å². The number of allylic oxidation sites excluding steroid dienone is 2. The summed E-state index contributed by atoms with van der Waals surface area (Å²) in [6, 6.07) is 0. The number of rotatable bonds is 16. The summed E-state index contributed by atoms with van der Waals surface area (Å²) < 4.78 is 0. The van der Waals surface area contributed by atoms with Crippen molar-refractivity contribution in [1.82, 2.24) is 0 Å². The third-order valence-electron chi connectivity index (χ3n) is 4.68. The van der Waals surface area contributed by atoms with E-state index >= 15 is 0 Å².